The zero-order chi connectivity index (χ0) is 33.3. The van der Waals surface area contributed by atoms with Crippen molar-refractivity contribution in [1.29, 1.82) is 0 Å². The monoisotopic (exact) mass is 654 g/mol. The molecule has 0 atom stereocenters. The van der Waals surface area contributed by atoms with Crippen LogP contribution in [0.25, 0.3) is 21.9 Å². The van der Waals surface area contributed by atoms with Gasteiger partial charge in [0.05, 0.1) is 12.2 Å². The molecular weight excluding hydrogens is 619 g/mol. The Morgan fingerprint density at radius 2 is 1.64 bits per heavy atom. The van der Waals surface area contributed by atoms with Crippen LogP contribution in [0, 0.1) is 5.82 Å². The number of nitrogens with one attached hydrogen (secondary N) is 2. The minimum atomic E-state index is -3.96. The van der Waals surface area contributed by atoms with Crippen molar-refractivity contribution in [3.05, 3.63) is 129 Å². The van der Waals surface area contributed by atoms with Crippen LogP contribution in [0.3, 0.4) is 0 Å². The maximum Gasteiger partial charge on any atom is 0.333 e. The average molecular weight is 655 g/mol. The highest BCUT2D eigenvalue weighted by molar-refractivity contribution is 7.93. The predicted octanol–water partition coefficient (Wildman–Crippen LogP) is 5.48. The third-order valence-electron chi connectivity index (χ3n) is 8.12. The second kappa shape index (κ2) is 12.9. The summed E-state index contributed by atoms with van der Waals surface area (Å²) in [5, 5.41) is 1.44. The first-order chi connectivity index (χ1) is 22.6. The molecule has 0 aliphatic carbocycles. The largest absolute Gasteiger partial charge is 0.377 e. The number of aromatic nitrogens is 4. The smallest absolute Gasteiger partial charge is 0.333 e. The Morgan fingerprint density at radius 1 is 0.915 bits per heavy atom. The van der Waals surface area contributed by atoms with E-state index in [4.69, 9.17) is 0 Å². The van der Waals surface area contributed by atoms with Gasteiger partial charge in [0.1, 0.15) is 22.1 Å². The number of imidazole rings is 1. The van der Waals surface area contributed by atoms with Gasteiger partial charge in [-0.2, -0.15) is 0 Å². The number of halogens is 1. The Balaban J connectivity index is 1.30. The van der Waals surface area contributed by atoms with Crippen molar-refractivity contribution in [2.75, 3.05) is 23.7 Å². The van der Waals surface area contributed by atoms with E-state index >= 15 is 0 Å². The molecule has 12 heteroatoms. The molecule has 6 aromatic rings. The summed E-state index contributed by atoms with van der Waals surface area (Å²) in [7, 11) is -0.352. The van der Waals surface area contributed by atoms with Gasteiger partial charge in [-0.3, -0.25) is 18.7 Å². The van der Waals surface area contributed by atoms with Gasteiger partial charge in [-0.05, 0) is 41.6 Å². The molecule has 0 saturated heterocycles. The molecule has 2 aromatic heterocycles. The lowest BCUT2D eigenvalue weighted by atomic mass is 10.1. The van der Waals surface area contributed by atoms with Gasteiger partial charge in [0.2, 0.25) is 0 Å². The number of aromatic amines is 1. The molecule has 4 aromatic carbocycles. The third-order valence-corrected chi connectivity index (χ3v) is 9.59. The summed E-state index contributed by atoms with van der Waals surface area (Å²) in [5.41, 5.74) is 1.31. The summed E-state index contributed by atoms with van der Waals surface area (Å²) in [6.07, 6.45) is 1.82. The van der Waals surface area contributed by atoms with E-state index < -0.39 is 27.1 Å². The molecule has 0 bridgehead atoms. The Morgan fingerprint density at radius 3 is 2.36 bits per heavy atom. The van der Waals surface area contributed by atoms with Gasteiger partial charge >= 0.3 is 5.69 Å². The summed E-state index contributed by atoms with van der Waals surface area (Å²) in [6.45, 7) is 2.16. The minimum Gasteiger partial charge on any atom is -0.377 e. The van der Waals surface area contributed by atoms with E-state index in [1.165, 1.54) is 10.6 Å². The Bertz CT molecular complexity index is 2330. The summed E-state index contributed by atoms with van der Waals surface area (Å²) in [4.78, 5) is 36.6. The van der Waals surface area contributed by atoms with Crippen LogP contribution in [0.4, 0.5) is 15.8 Å². The molecule has 242 valence electrons. The average Bonchev–Trinajstić information content (AvgIpc) is 3.47. The minimum absolute atomic E-state index is 0.170. The molecule has 2 heterocycles. The van der Waals surface area contributed by atoms with E-state index in [9.17, 15) is 22.4 Å². The van der Waals surface area contributed by atoms with Gasteiger partial charge in [-0.15, -0.1) is 0 Å². The number of H-pyrrole nitrogens is 1. The predicted molar refractivity (Wildman–Crippen MR) is 183 cm³/mol. The van der Waals surface area contributed by atoms with Crippen LogP contribution in [0.2, 0.25) is 0 Å². The summed E-state index contributed by atoms with van der Waals surface area (Å²) < 4.78 is 47.1. The zero-order valence-corrected chi connectivity index (χ0v) is 27.1. The third kappa shape index (κ3) is 6.28. The van der Waals surface area contributed by atoms with Crippen LogP contribution in [0.15, 0.2) is 99.4 Å². The van der Waals surface area contributed by atoms with Gasteiger partial charge in [-0.1, -0.05) is 74.0 Å². The van der Waals surface area contributed by atoms with Gasteiger partial charge < -0.3 is 9.88 Å². The number of sulfonamides is 1. The van der Waals surface area contributed by atoms with Gasteiger partial charge in [0, 0.05) is 43.7 Å². The van der Waals surface area contributed by atoms with Crippen LogP contribution in [-0.2, 0) is 29.5 Å². The zero-order valence-electron chi connectivity index (χ0n) is 26.3. The van der Waals surface area contributed by atoms with Gasteiger partial charge in [0.25, 0.3) is 15.6 Å². The number of aryl methyl sites for hydroxylation is 1. The number of unbranched alkanes of at least 4 members (excludes halogenated alkanes) is 1. The van der Waals surface area contributed by atoms with E-state index in [1.54, 1.807) is 73.6 Å². The maximum absolute atomic E-state index is 14.4. The molecule has 0 aliphatic rings. The second-order valence-corrected chi connectivity index (χ2v) is 13.3. The molecular formula is C35H35FN6O4S. The number of rotatable bonds is 11. The highest BCUT2D eigenvalue weighted by atomic mass is 32.2. The quantitative estimate of drug-likeness (QED) is 0.191. The van der Waals surface area contributed by atoms with Crippen molar-refractivity contribution in [3.8, 4) is 0 Å². The van der Waals surface area contributed by atoms with E-state index in [0.717, 1.165) is 21.9 Å². The Labute approximate surface area is 271 Å². The summed E-state index contributed by atoms with van der Waals surface area (Å²) >= 11 is 0. The van der Waals surface area contributed by atoms with Crippen molar-refractivity contribution in [2.24, 2.45) is 0 Å². The number of fused-ring (bicyclic) bond motifs is 2. The standard InChI is InChI=1S/C35H35FN6O4S/c1-4-5-20-41-33-31(34(43)42(35(41)44)22-25-11-7-9-13-28(25)36)37-30(38-33)21-23-14-17-26(18-15-23)39-47(45,46)32-27-12-8-6-10-24(27)16-19-29(32)40(2)3/h6-19,39H,4-5,20-22H2,1-3H3,(H,37,38). The molecule has 0 saturated carbocycles. The summed E-state index contributed by atoms with van der Waals surface area (Å²) in [5.74, 6) is -0.0320. The van der Waals surface area contributed by atoms with Crippen LogP contribution >= 0.6 is 0 Å². The fourth-order valence-electron chi connectivity index (χ4n) is 5.71. The normalized spacial score (nSPS) is 11.7. The molecule has 0 radical (unpaired) electrons. The van der Waals surface area contributed by atoms with E-state index in [-0.39, 0.29) is 28.2 Å². The summed E-state index contributed by atoms with van der Waals surface area (Å²) in [6, 6.07) is 24.0. The van der Waals surface area contributed by atoms with Crippen LogP contribution < -0.4 is 20.9 Å². The Hall–Kier alpha value is -5.23. The van der Waals surface area contributed by atoms with Crippen molar-refractivity contribution < 1.29 is 12.8 Å². The highest BCUT2D eigenvalue weighted by Gasteiger charge is 2.24. The first kappa shape index (κ1) is 31.7. The molecule has 47 heavy (non-hydrogen) atoms. The van der Waals surface area contributed by atoms with E-state index in [0.29, 0.717) is 42.0 Å². The molecule has 0 spiro atoms. The number of nitrogens with zero attached hydrogens (tertiary/aromatic N) is 4. The SMILES string of the molecule is CCCCn1c(=O)n(Cc2ccccc2F)c(=O)c2[nH]c(Cc3ccc(NS(=O)(=O)c4c(N(C)C)ccc5ccccc45)cc3)nc21. The van der Waals surface area contributed by atoms with Crippen molar-refractivity contribution >= 4 is 43.3 Å². The molecule has 10 nitrogen and oxygen atoms in total. The maximum atomic E-state index is 14.4. The van der Waals surface area contributed by atoms with Crippen molar-refractivity contribution in [2.45, 2.75) is 44.2 Å². The topological polar surface area (TPSA) is 122 Å². The van der Waals surface area contributed by atoms with Crippen LogP contribution in [0.5, 0.6) is 0 Å². The first-order valence-electron chi connectivity index (χ1n) is 15.3. The van der Waals surface area contributed by atoms with Crippen molar-refractivity contribution in [3.63, 3.8) is 0 Å². The van der Waals surface area contributed by atoms with Crippen LogP contribution in [-0.4, -0.2) is 41.6 Å². The highest BCUT2D eigenvalue weighted by Crippen LogP contribution is 2.33. The van der Waals surface area contributed by atoms with Crippen molar-refractivity contribution in [1.82, 2.24) is 19.1 Å². The number of anilines is 2. The molecule has 0 fully saturated rings. The molecule has 0 unspecified atom stereocenters. The fraction of sp³-hybridized carbons (Fsp3) is 0.229. The molecule has 0 aliphatic heterocycles. The molecule has 6 rings (SSSR count). The van der Waals surface area contributed by atoms with Crippen LogP contribution in [0.1, 0.15) is 36.7 Å². The number of hydrogen-bond acceptors (Lipinski definition) is 6. The lowest BCUT2D eigenvalue weighted by Crippen LogP contribution is -2.40. The second-order valence-electron chi connectivity index (χ2n) is 11.7. The lowest BCUT2D eigenvalue weighted by Gasteiger charge is -2.20. The molecule has 0 amide bonds. The number of hydrogen-bond donors (Lipinski definition) is 2. The van der Waals surface area contributed by atoms with Gasteiger partial charge in [0.15, 0.2) is 5.65 Å². The fourth-order valence-corrected chi connectivity index (χ4v) is 7.26. The van der Waals surface area contributed by atoms with E-state index in [1.807, 2.05) is 31.2 Å². The molecule has 2 N–H and O–H groups in total. The first-order valence-corrected chi connectivity index (χ1v) is 16.8. The Kier molecular flexibility index (Phi) is 8.69. The number of benzene rings is 4. The van der Waals surface area contributed by atoms with Gasteiger partial charge in [-0.25, -0.2) is 22.6 Å². The van der Waals surface area contributed by atoms with E-state index in [2.05, 4.69) is 14.7 Å². The lowest BCUT2D eigenvalue weighted by molar-refractivity contribution is 0.553.